The summed E-state index contributed by atoms with van der Waals surface area (Å²) in [5.74, 6) is -6.01. The van der Waals surface area contributed by atoms with Gasteiger partial charge in [0.25, 0.3) is 0 Å². The van der Waals surface area contributed by atoms with Crippen LogP contribution in [0.2, 0.25) is 0 Å². The Hall–Kier alpha value is -2.62. The second-order valence-electron chi connectivity index (χ2n) is 5.37. The molecule has 3 amide bonds. The van der Waals surface area contributed by atoms with Crippen molar-refractivity contribution in [1.29, 1.82) is 0 Å². The van der Waals surface area contributed by atoms with Gasteiger partial charge >= 0.3 is 0 Å². The van der Waals surface area contributed by atoms with Gasteiger partial charge in [0.15, 0.2) is 17.5 Å². The average molecular weight is 360 g/mol. The molecule has 1 rings (SSSR count). The number of nitrogens with one attached hydrogen (secondary N) is 2. The van der Waals surface area contributed by atoms with E-state index in [0.29, 0.717) is 6.07 Å². The number of benzene rings is 1. The van der Waals surface area contributed by atoms with Crippen LogP contribution in [0.3, 0.4) is 0 Å². The maximum Gasteiger partial charge on any atom is 0.239 e. The summed E-state index contributed by atoms with van der Waals surface area (Å²) in [4.78, 5) is 37.4. The first kappa shape index (κ1) is 20.4. The Bertz CT molecular complexity index is 670. The lowest BCUT2D eigenvalue weighted by Gasteiger charge is -2.21. The van der Waals surface area contributed by atoms with Crippen molar-refractivity contribution in [3.8, 4) is 0 Å². The van der Waals surface area contributed by atoms with Crippen molar-refractivity contribution in [2.45, 2.75) is 0 Å². The summed E-state index contributed by atoms with van der Waals surface area (Å²) in [6, 6.07) is 1.59. The molecule has 0 fully saturated rings. The normalized spacial score (nSPS) is 10.5. The molecule has 25 heavy (non-hydrogen) atoms. The first-order valence-corrected chi connectivity index (χ1v) is 7.22. The van der Waals surface area contributed by atoms with Crippen molar-refractivity contribution in [3.63, 3.8) is 0 Å². The highest BCUT2D eigenvalue weighted by molar-refractivity contribution is 5.93. The van der Waals surface area contributed by atoms with Gasteiger partial charge < -0.3 is 15.5 Å². The molecule has 0 saturated heterocycles. The lowest BCUT2D eigenvalue weighted by molar-refractivity contribution is -0.135. The molecule has 0 unspecified atom stereocenters. The molecule has 0 aliphatic heterocycles. The summed E-state index contributed by atoms with van der Waals surface area (Å²) in [6.07, 6.45) is 0. The van der Waals surface area contributed by atoms with E-state index in [9.17, 15) is 27.6 Å². The number of amides is 3. The number of carbonyl (C=O) groups excluding carboxylic acids is 3. The van der Waals surface area contributed by atoms with Gasteiger partial charge in [-0.1, -0.05) is 0 Å². The van der Waals surface area contributed by atoms with Gasteiger partial charge in [0.2, 0.25) is 17.7 Å². The van der Waals surface area contributed by atoms with Crippen molar-refractivity contribution in [1.82, 2.24) is 15.1 Å². The van der Waals surface area contributed by atoms with Crippen LogP contribution in [-0.2, 0) is 14.4 Å². The first-order chi connectivity index (χ1) is 11.6. The number of rotatable bonds is 7. The third kappa shape index (κ3) is 6.07. The fraction of sp³-hybridized carbons (Fsp3) is 0.400. The van der Waals surface area contributed by atoms with Gasteiger partial charge in [-0.05, 0) is 19.2 Å². The van der Waals surface area contributed by atoms with Crippen LogP contribution in [0.5, 0.6) is 0 Å². The Labute approximate surface area is 142 Å². The van der Waals surface area contributed by atoms with Crippen molar-refractivity contribution >= 4 is 23.4 Å². The van der Waals surface area contributed by atoms with Crippen LogP contribution < -0.4 is 10.6 Å². The monoisotopic (exact) mass is 360 g/mol. The maximum absolute atomic E-state index is 13.5. The molecule has 0 spiro atoms. The van der Waals surface area contributed by atoms with E-state index in [2.05, 4.69) is 10.6 Å². The Balaban J connectivity index is 2.55. The van der Waals surface area contributed by atoms with E-state index in [1.165, 1.54) is 30.9 Å². The molecule has 0 atom stereocenters. The van der Waals surface area contributed by atoms with Crippen LogP contribution in [0.1, 0.15) is 0 Å². The summed E-state index contributed by atoms with van der Waals surface area (Å²) < 4.78 is 39.4. The molecule has 0 saturated carbocycles. The van der Waals surface area contributed by atoms with Crippen LogP contribution in [0.4, 0.5) is 18.9 Å². The van der Waals surface area contributed by atoms with Crippen molar-refractivity contribution in [2.24, 2.45) is 0 Å². The molecule has 0 aliphatic carbocycles. The molecule has 0 bridgehead atoms. The first-order valence-electron chi connectivity index (χ1n) is 7.22. The molecule has 0 heterocycles. The van der Waals surface area contributed by atoms with Crippen LogP contribution >= 0.6 is 0 Å². The standard InChI is InChI=1S/C15H19F3N4O3/c1-19-11(23)7-22(3)13(25)8-21(2)6-12(24)20-10-5-4-9(16)14(17)15(10)18/h4-5H,6-8H2,1-3H3,(H,19,23)(H,20,24). The third-order valence-electron chi connectivity index (χ3n) is 3.21. The average Bonchev–Trinajstić information content (AvgIpc) is 2.54. The molecule has 0 aliphatic rings. The highest BCUT2D eigenvalue weighted by Crippen LogP contribution is 2.19. The Morgan fingerprint density at radius 2 is 1.60 bits per heavy atom. The van der Waals surface area contributed by atoms with Gasteiger partial charge in [-0.3, -0.25) is 19.3 Å². The number of carbonyl (C=O) groups is 3. The topological polar surface area (TPSA) is 81.8 Å². The zero-order valence-corrected chi connectivity index (χ0v) is 14.0. The minimum Gasteiger partial charge on any atom is -0.358 e. The number of hydrogen-bond donors (Lipinski definition) is 2. The summed E-state index contributed by atoms with van der Waals surface area (Å²) >= 11 is 0. The Morgan fingerprint density at radius 3 is 2.20 bits per heavy atom. The predicted molar refractivity (Wildman–Crippen MR) is 84.1 cm³/mol. The number of nitrogens with zero attached hydrogens (tertiary/aromatic N) is 2. The van der Waals surface area contributed by atoms with E-state index in [-0.39, 0.29) is 25.5 Å². The van der Waals surface area contributed by atoms with Gasteiger partial charge in [0.05, 0.1) is 25.3 Å². The molecule has 1 aromatic rings. The molecule has 0 radical (unpaired) electrons. The van der Waals surface area contributed by atoms with Crippen molar-refractivity contribution in [3.05, 3.63) is 29.6 Å². The van der Waals surface area contributed by atoms with E-state index in [1.54, 1.807) is 0 Å². The fourth-order valence-electron chi connectivity index (χ4n) is 1.85. The number of likely N-dealkylation sites (N-methyl/N-ethyl adjacent to an activating group) is 3. The van der Waals surface area contributed by atoms with Crippen LogP contribution in [0, 0.1) is 17.5 Å². The Kier molecular flexibility index (Phi) is 7.37. The van der Waals surface area contributed by atoms with Gasteiger partial charge in [-0.2, -0.15) is 0 Å². The molecule has 2 N–H and O–H groups in total. The summed E-state index contributed by atoms with van der Waals surface area (Å²) in [7, 11) is 4.34. The zero-order chi connectivity index (χ0) is 19.1. The van der Waals surface area contributed by atoms with E-state index in [4.69, 9.17) is 0 Å². The number of halogens is 3. The van der Waals surface area contributed by atoms with Gasteiger partial charge in [0, 0.05) is 14.1 Å². The molecular formula is C15H19F3N4O3. The minimum absolute atomic E-state index is 0.130. The highest BCUT2D eigenvalue weighted by atomic mass is 19.2. The molecule has 138 valence electrons. The molecule has 0 aromatic heterocycles. The summed E-state index contributed by atoms with van der Waals surface area (Å²) in [5, 5.41) is 4.48. The largest absolute Gasteiger partial charge is 0.358 e. The Morgan fingerprint density at radius 1 is 0.960 bits per heavy atom. The molecular weight excluding hydrogens is 341 g/mol. The van der Waals surface area contributed by atoms with Crippen molar-refractivity contribution < 1.29 is 27.6 Å². The van der Waals surface area contributed by atoms with E-state index < -0.39 is 35.0 Å². The van der Waals surface area contributed by atoms with Crippen molar-refractivity contribution in [2.75, 3.05) is 46.1 Å². The zero-order valence-electron chi connectivity index (χ0n) is 14.0. The van der Waals surface area contributed by atoms with Gasteiger partial charge in [-0.15, -0.1) is 0 Å². The van der Waals surface area contributed by atoms with E-state index in [0.717, 1.165) is 6.07 Å². The molecule has 7 nitrogen and oxygen atoms in total. The summed E-state index contributed by atoms with van der Waals surface area (Å²) in [5.41, 5.74) is -0.500. The SMILES string of the molecule is CNC(=O)CN(C)C(=O)CN(C)CC(=O)Nc1ccc(F)c(F)c1F. The smallest absolute Gasteiger partial charge is 0.239 e. The van der Waals surface area contributed by atoms with Crippen LogP contribution in [0.25, 0.3) is 0 Å². The van der Waals surface area contributed by atoms with Gasteiger partial charge in [-0.25, -0.2) is 13.2 Å². The lowest BCUT2D eigenvalue weighted by atomic mass is 10.2. The van der Waals surface area contributed by atoms with E-state index in [1.807, 2.05) is 0 Å². The third-order valence-corrected chi connectivity index (χ3v) is 3.21. The number of hydrogen-bond acceptors (Lipinski definition) is 4. The highest BCUT2D eigenvalue weighted by Gasteiger charge is 2.18. The maximum atomic E-state index is 13.5. The van der Waals surface area contributed by atoms with E-state index >= 15 is 0 Å². The minimum atomic E-state index is -1.68. The van der Waals surface area contributed by atoms with Gasteiger partial charge in [0.1, 0.15) is 0 Å². The second kappa shape index (κ2) is 9.02. The van der Waals surface area contributed by atoms with Crippen LogP contribution in [0.15, 0.2) is 12.1 Å². The quantitative estimate of drug-likeness (QED) is 0.680. The lowest BCUT2D eigenvalue weighted by Crippen LogP contribution is -2.43. The second-order valence-corrected chi connectivity index (χ2v) is 5.37. The molecule has 10 heteroatoms. The molecule has 1 aromatic carbocycles. The predicted octanol–water partition coefficient (Wildman–Crippen LogP) is 0.179. The van der Waals surface area contributed by atoms with Crippen LogP contribution in [-0.4, -0.2) is 68.3 Å². The summed E-state index contributed by atoms with van der Waals surface area (Å²) in [6.45, 7) is -0.589. The fourth-order valence-corrected chi connectivity index (χ4v) is 1.85. The number of anilines is 1.